The molecule has 1 N–H and O–H groups in total. The van der Waals surface area contributed by atoms with E-state index in [1.54, 1.807) is 0 Å². The van der Waals surface area contributed by atoms with Gasteiger partial charge >= 0.3 is 5.97 Å². The first-order valence-electron chi connectivity index (χ1n) is 7.23. The molecule has 5 nitrogen and oxygen atoms in total. The Hall–Kier alpha value is -0.578. The van der Waals surface area contributed by atoms with E-state index in [2.05, 4.69) is 9.72 Å². The molecule has 0 aliphatic heterocycles. The summed E-state index contributed by atoms with van der Waals surface area (Å²) in [7, 11) is 2.98. The van der Waals surface area contributed by atoms with Gasteiger partial charge in [-0.05, 0) is 18.9 Å². The number of aromatic nitrogens is 1. The van der Waals surface area contributed by atoms with Crippen LogP contribution in [0.3, 0.4) is 0 Å². The quantitative estimate of drug-likeness (QED) is 0.427. The number of anilines is 1. The SMILES string of the molecule is CN(O)c1nc(-c2ccccc2Cl)cs1.COC(=O)C1CCC1.[U]. The Labute approximate surface area is 174 Å². The molecule has 8 heteroatoms. The summed E-state index contributed by atoms with van der Waals surface area (Å²) in [6, 6.07) is 7.50. The van der Waals surface area contributed by atoms with E-state index >= 15 is 0 Å². The van der Waals surface area contributed by atoms with Crippen LogP contribution in [0, 0.1) is 37.0 Å². The molecule has 1 aromatic heterocycles. The average molecular weight is 593 g/mol. The number of carbonyl (C=O) groups excluding carboxylic acids is 1. The molecule has 2 aromatic rings. The topological polar surface area (TPSA) is 62.7 Å². The Morgan fingerprint density at radius 2 is 2.08 bits per heavy atom. The number of hydrogen-bond acceptors (Lipinski definition) is 6. The van der Waals surface area contributed by atoms with Crippen LogP contribution in [0.4, 0.5) is 5.13 Å². The van der Waals surface area contributed by atoms with E-state index in [0.717, 1.165) is 29.2 Å². The van der Waals surface area contributed by atoms with Crippen molar-refractivity contribution in [3.05, 3.63) is 34.7 Å². The van der Waals surface area contributed by atoms with Crippen molar-refractivity contribution in [2.45, 2.75) is 19.3 Å². The fourth-order valence-corrected chi connectivity index (χ4v) is 2.95. The molecule has 0 radical (unpaired) electrons. The zero-order chi connectivity index (χ0) is 16.8. The third-order valence-corrected chi connectivity index (χ3v) is 4.80. The zero-order valence-electron chi connectivity index (χ0n) is 13.5. The molecule has 3 rings (SSSR count). The van der Waals surface area contributed by atoms with Gasteiger partial charge in [0.2, 0.25) is 5.13 Å². The molecule has 1 saturated carbocycles. The second-order valence-electron chi connectivity index (χ2n) is 5.17. The monoisotopic (exact) mass is 592 g/mol. The molecule has 0 bridgehead atoms. The maximum atomic E-state index is 10.6. The third-order valence-electron chi connectivity index (χ3n) is 3.56. The maximum Gasteiger partial charge on any atom is 0.308 e. The summed E-state index contributed by atoms with van der Waals surface area (Å²) in [5.74, 6) is 0.205. The summed E-state index contributed by atoms with van der Waals surface area (Å²) in [5.41, 5.74) is 1.66. The van der Waals surface area contributed by atoms with Crippen LogP contribution in [0.25, 0.3) is 11.3 Å². The fraction of sp³-hybridized carbons (Fsp3) is 0.375. The van der Waals surface area contributed by atoms with Crippen molar-refractivity contribution in [2.24, 2.45) is 5.92 Å². The van der Waals surface area contributed by atoms with Gasteiger partial charge in [-0.15, -0.1) is 11.3 Å². The molecule has 1 aliphatic rings. The van der Waals surface area contributed by atoms with Crippen LogP contribution < -0.4 is 5.06 Å². The first-order valence-corrected chi connectivity index (χ1v) is 8.49. The Morgan fingerprint density at radius 1 is 1.42 bits per heavy atom. The van der Waals surface area contributed by atoms with Crippen molar-refractivity contribution >= 4 is 34.0 Å². The predicted molar refractivity (Wildman–Crippen MR) is 92.1 cm³/mol. The van der Waals surface area contributed by atoms with Gasteiger partial charge in [0.25, 0.3) is 0 Å². The maximum absolute atomic E-state index is 10.6. The molecule has 0 saturated heterocycles. The van der Waals surface area contributed by atoms with Crippen molar-refractivity contribution in [1.29, 1.82) is 0 Å². The number of hydroxylamine groups is 1. The van der Waals surface area contributed by atoms with Gasteiger partial charge in [0.05, 0.1) is 18.7 Å². The van der Waals surface area contributed by atoms with Crippen LogP contribution in [0.1, 0.15) is 19.3 Å². The molecule has 128 valence electrons. The zero-order valence-corrected chi connectivity index (χ0v) is 19.3. The molecule has 0 spiro atoms. The van der Waals surface area contributed by atoms with Gasteiger partial charge in [-0.25, -0.2) is 10.0 Å². The number of halogens is 1. The van der Waals surface area contributed by atoms with Crippen LogP contribution in [-0.4, -0.2) is 30.3 Å². The Kier molecular flexibility index (Phi) is 9.32. The number of ether oxygens (including phenoxy) is 1. The molecule has 1 fully saturated rings. The first-order chi connectivity index (χ1) is 11.0. The molecule has 1 aliphatic carbocycles. The Balaban J connectivity index is 0.000000273. The number of nitrogens with zero attached hydrogens (tertiary/aromatic N) is 2. The van der Waals surface area contributed by atoms with Gasteiger partial charge in [0.15, 0.2) is 0 Å². The molecule has 0 unspecified atom stereocenters. The summed E-state index contributed by atoms with van der Waals surface area (Å²) >= 11 is 7.40. The number of methoxy groups -OCH3 is 1. The van der Waals surface area contributed by atoms with E-state index in [-0.39, 0.29) is 43.0 Å². The third kappa shape index (κ3) is 5.75. The van der Waals surface area contributed by atoms with Crippen molar-refractivity contribution in [1.82, 2.24) is 4.98 Å². The van der Waals surface area contributed by atoms with Crippen LogP contribution in [-0.2, 0) is 9.53 Å². The van der Waals surface area contributed by atoms with E-state index in [4.69, 9.17) is 11.6 Å². The summed E-state index contributed by atoms with van der Waals surface area (Å²) in [6.07, 6.45) is 3.26. The minimum absolute atomic E-state index is 0. The van der Waals surface area contributed by atoms with E-state index in [1.807, 2.05) is 29.6 Å². The summed E-state index contributed by atoms with van der Waals surface area (Å²) in [4.78, 5) is 14.8. The minimum atomic E-state index is -0.0312. The number of rotatable bonds is 3. The van der Waals surface area contributed by atoms with Gasteiger partial charge in [-0.1, -0.05) is 36.2 Å². The van der Waals surface area contributed by atoms with Gasteiger partial charge < -0.3 is 4.74 Å². The van der Waals surface area contributed by atoms with Crippen molar-refractivity contribution in [3.8, 4) is 11.3 Å². The molecule has 0 amide bonds. The van der Waals surface area contributed by atoms with Gasteiger partial charge in [-0.2, -0.15) is 0 Å². The van der Waals surface area contributed by atoms with Crippen LogP contribution >= 0.6 is 22.9 Å². The fourth-order valence-electron chi connectivity index (χ4n) is 2.02. The second-order valence-corrected chi connectivity index (χ2v) is 6.41. The number of benzene rings is 1. The first kappa shape index (κ1) is 21.5. The van der Waals surface area contributed by atoms with Crippen molar-refractivity contribution in [2.75, 3.05) is 19.2 Å². The normalized spacial score (nSPS) is 13.0. The Morgan fingerprint density at radius 3 is 2.50 bits per heavy atom. The number of thiazole rings is 1. The minimum Gasteiger partial charge on any atom is -0.469 e. The summed E-state index contributed by atoms with van der Waals surface area (Å²) in [5, 5.41) is 13.3. The molecule has 24 heavy (non-hydrogen) atoms. The smallest absolute Gasteiger partial charge is 0.308 e. The standard InChI is InChI=1S/C10H9ClN2OS.C6H10O2.U/c1-13(14)10-12-9(6-15-10)7-4-2-3-5-8(7)11;1-8-6(7)5-3-2-4-5;/h2-6,14H,1H3;5H,2-4H2,1H3;. The largest absolute Gasteiger partial charge is 0.469 e. The molecular weight excluding hydrogens is 574 g/mol. The second kappa shape index (κ2) is 10.4. The molecule has 0 atom stereocenters. The number of hydrogen-bond donors (Lipinski definition) is 1. The van der Waals surface area contributed by atoms with Crippen molar-refractivity contribution in [3.63, 3.8) is 0 Å². The molecular formula is C16H19ClN2O3SU. The van der Waals surface area contributed by atoms with E-state index < -0.39 is 0 Å². The molecule has 1 aromatic carbocycles. The number of carbonyl (C=O) groups is 1. The van der Waals surface area contributed by atoms with Crippen molar-refractivity contribution < 1.29 is 45.9 Å². The number of esters is 1. The van der Waals surface area contributed by atoms with Gasteiger partial charge in [0.1, 0.15) is 0 Å². The Bertz CT molecular complexity index is 662. The van der Waals surface area contributed by atoms with Crippen LogP contribution in [0.2, 0.25) is 5.02 Å². The predicted octanol–water partition coefficient (Wildman–Crippen LogP) is 4.25. The average Bonchev–Trinajstić information content (AvgIpc) is 2.96. The van der Waals surface area contributed by atoms with E-state index in [0.29, 0.717) is 10.2 Å². The molecule has 1 heterocycles. The van der Waals surface area contributed by atoms with E-state index in [9.17, 15) is 10.0 Å². The van der Waals surface area contributed by atoms with Crippen LogP contribution in [0.5, 0.6) is 0 Å². The van der Waals surface area contributed by atoms with Gasteiger partial charge in [0, 0.05) is 54.1 Å². The van der Waals surface area contributed by atoms with Crippen LogP contribution in [0.15, 0.2) is 29.6 Å². The van der Waals surface area contributed by atoms with Gasteiger partial charge in [-0.3, -0.25) is 10.0 Å². The summed E-state index contributed by atoms with van der Waals surface area (Å²) in [6.45, 7) is 0. The summed E-state index contributed by atoms with van der Waals surface area (Å²) < 4.78 is 4.52. The van der Waals surface area contributed by atoms with E-state index in [1.165, 1.54) is 31.9 Å².